The van der Waals surface area contributed by atoms with Gasteiger partial charge in [0.25, 0.3) is 0 Å². The Hall–Kier alpha value is -8.67. The van der Waals surface area contributed by atoms with Crippen molar-refractivity contribution in [1.82, 2.24) is 9.55 Å². The van der Waals surface area contributed by atoms with Crippen LogP contribution in [0.1, 0.15) is 74.9 Å². The lowest BCUT2D eigenvalue weighted by atomic mass is 9.70. The van der Waals surface area contributed by atoms with Gasteiger partial charge in [0.1, 0.15) is 24.0 Å². The Kier molecular flexibility index (Phi) is 9.63. The number of hydrogen-bond donors (Lipinski definition) is 0. The molecule has 74 heavy (non-hydrogen) atoms. The first-order valence-electron chi connectivity index (χ1n) is 26.0. The van der Waals surface area contributed by atoms with E-state index >= 15 is 0 Å². The van der Waals surface area contributed by atoms with Gasteiger partial charge in [-0.15, -0.1) is 0 Å². The van der Waals surface area contributed by atoms with Crippen molar-refractivity contribution >= 4 is 44.6 Å². The summed E-state index contributed by atoms with van der Waals surface area (Å²) >= 11 is 0. The summed E-state index contributed by atoms with van der Waals surface area (Å²) in [7, 11) is 0. The van der Waals surface area contributed by atoms with Crippen LogP contribution >= 0.6 is 0 Å². The van der Waals surface area contributed by atoms with Gasteiger partial charge in [-0.3, -0.25) is 4.57 Å². The van der Waals surface area contributed by atoms with Crippen LogP contribution in [0.3, 0.4) is 0 Å². The SMILES string of the molecule is CC(C)(C)c1ccnc(-n2c3cccc4c3c3c(cc(Oc5cccc(N6CN(c7c(-c8ccccc8)cccc7-c7ccccc7)c7ccc(C(C)(C)C)cc76)c5)cc32)C42c3ccccc3-c3ccccc32)c1. The molecule has 2 aliphatic carbocycles. The van der Waals surface area contributed by atoms with Gasteiger partial charge in [0.2, 0.25) is 0 Å². The first-order valence-corrected chi connectivity index (χ1v) is 26.0. The average molecular weight is 957 g/mol. The number of benzene rings is 9. The van der Waals surface area contributed by atoms with Gasteiger partial charge in [-0.2, -0.15) is 0 Å². The molecule has 0 saturated heterocycles. The largest absolute Gasteiger partial charge is 0.457 e. The number of fused-ring (bicyclic) bond motifs is 8. The molecule has 5 nitrogen and oxygen atoms in total. The van der Waals surface area contributed by atoms with Gasteiger partial charge in [-0.25, -0.2) is 4.98 Å². The molecule has 0 bridgehead atoms. The maximum atomic E-state index is 7.32. The Bertz CT molecular complexity index is 3960. The van der Waals surface area contributed by atoms with Crippen LogP contribution in [0.25, 0.3) is 61.0 Å². The smallest absolute Gasteiger partial charge is 0.137 e. The van der Waals surface area contributed by atoms with E-state index in [2.05, 4.69) is 268 Å². The molecule has 0 fully saturated rings. The Morgan fingerprint density at radius 1 is 0.432 bits per heavy atom. The first-order chi connectivity index (χ1) is 36.0. The quantitative estimate of drug-likeness (QED) is 0.159. The molecular weight excluding hydrogens is 901 g/mol. The van der Waals surface area contributed by atoms with Gasteiger partial charge in [0, 0.05) is 45.9 Å². The molecule has 5 heteroatoms. The highest BCUT2D eigenvalue weighted by Gasteiger charge is 2.52. The van der Waals surface area contributed by atoms with Gasteiger partial charge in [-0.05, 0) is 115 Å². The van der Waals surface area contributed by atoms with E-state index in [1.807, 2.05) is 6.20 Å². The van der Waals surface area contributed by atoms with E-state index in [1.165, 1.54) is 83.2 Å². The molecule has 11 aromatic rings. The van der Waals surface area contributed by atoms with E-state index < -0.39 is 5.41 Å². The van der Waals surface area contributed by atoms with Crippen molar-refractivity contribution in [2.24, 2.45) is 0 Å². The van der Waals surface area contributed by atoms with E-state index in [-0.39, 0.29) is 10.8 Å². The molecule has 3 aliphatic rings. The molecule has 0 saturated carbocycles. The Morgan fingerprint density at radius 2 is 1.01 bits per heavy atom. The molecule has 1 spiro atoms. The third-order valence-electron chi connectivity index (χ3n) is 16.0. The highest BCUT2D eigenvalue weighted by Crippen LogP contribution is 2.64. The van der Waals surface area contributed by atoms with Crippen LogP contribution in [0.2, 0.25) is 0 Å². The van der Waals surface area contributed by atoms with Crippen LogP contribution < -0.4 is 14.5 Å². The number of nitrogens with zero attached hydrogens (tertiary/aromatic N) is 4. The zero-order chi connectivity index (χ0) is 50.1. The predicted octanol–water partition coefficient (Wildman–Crippen LogP) is 17.8. The summed E-state index contributed by atoms with van der Waals surface area (Å²) in [6.07, 6.45) is 1.96. The second-order valence-corrected chi connectivity index (χ2v) is 22.4. The number of hydrogen-bond acceptors (Lipinski definition) is 4. The van der Waals surface area contributed by atoms with Crippen molar-refractivity contribution in [2.45, 2.75) is 57.8 Å². The molecule has 14 rings (SSSR count). The molecular formula is C69H56N4O. The zero-order valence-corrected chi connectivity index (χ0v) is 42.7. The van der Waals surface area contributed by atoms with Crippen LogP contribution in [-0.2, 0) is 16.2 Å². The highest BCUT2D eigenvalue weighted by atomic mass is 16.5. The number of rotatable bonds is 7. The fraction of sp³-hybridized carbons (Fsp3) is 0.145. The zero-order valence-electron chi connectivity index (χ0n) is 42.7. The van der Waals surface area contributed by atoms with Crippen LogP contribution in [0.15, 0.2) is 219 Å². The maximum Gasteiger partial charge on any atom is 0.137 e. The van der Waals surface area contributed by atoms with Gasteiger partial charge >= 0.3 is 0 Å². The van der Waals surface area contributed by atoms with E-state index in [1.54, 1.807) is 0 Å². The second kappa shape index (κ2) is 16.2. The van der Waals surface area contributed by atoms with Gasteiger partial charge < -0.3 is 14.5 Å². The maximum absolute atomic E-state index is 7.32. The minimum absolute atomic E-state index is 0.0544. The fourth-order valence-electron chi connectivity index (χ4n) is 12.6. The number of pyridine rings is 1. The standard InChI is InChI=1S/C69H56N4O/c1-67(2,3)46-34-35-59-61(38-46)71(43-72(59)66-51(44-20-9-7-10-21-44)28-18-29-52(66)45-22-11-8-12-23-45)48-24-17-25-49(40-48)74-50-41-58-65-62(42-50)73(63-39-47(36-37-70-63)68(4,5)6)60-33-19-32-57(64(60)65)69(58)55-30-15-13-26-53(55)54-27-14-16-31-56(54)69/h7-42H,43H2,1-6H3. The second-order valence-electron chi connectivity index (χ2n) is 22.4. The third-order valence-corrected chi connectivity index (χ3v) is 16.0. The average Bonchev–Trinajstić information content (AvgIpc) is 4.28. The van der Waals surface area contributed by atoms with Crippen molar-refractivity contribution in [3.05, 3.63) is 252 Å². The topological polar surface area (TPSA) is 33.5 Å². The summed E-state index contributed by atoms with van der Waals surface area (Å²) in [5.41, 5.74) is 21.1. The first kappa shape index (κ1) is 44.1. The molecule has 0 N–H and O–H groups in total. The van der Waals surface area contributed by atoms with Gasteiger partial charge in [0.05, 0.1) is 33.5 Å². The number of ether oxygens (including phenoxy) is 1. The van der Waals surface area contributed by atoms with Gasteiger partial charge in [-0.1, -0.05) is 193 Å². The van der Waals surface area contributed by atoms with E-state index in [9.17, 15) is 0 Å². The van der Waals surface area contributed by atoms with E-state index in [0.29, 0.717) is 6.67 Å². The summed E-state index contributed by atoms with van der Waals surface area (Å²) in [5.74, 6) is 2.45. The van der Waals surface area contributed by atoms with Crippen LogP contribution in [0.4, 0.5) is 22.7 Å². The summed E-state index contributed by atoms with van der Waals surface area (Å²) < 4.78 is 9.69. The molecule has 3 heterocycles. The molecule has 0 amide bonds. The lowest BCUT2D eigenvalue weighted by Crippen LogP contribution is -2.26. The normalized spacial score (nSPS) is 14.1. The monoisotopic (exact) mass is 956 g/mol. The van der Waals surface area contributed by atoms with Gasteiger partial charge in [0.15, 0.2) is 0 Å². The summed E-state index contributed by atoms with van der Waals surface area (Å²) in [5, 5.41) is 2.52. The van der Waals surface area contributed by atoms with Crippen molar-refractivity contribution in [2.75, 3.05) is 16.5 Å². The van der Waals surface area contributed by atoms with Crippen LogP contribution in [0, 0.1) is 0 Å². The minimum Gasteiger partial charge on any atom is -0.457 e. The predicted molar refractivity (Wildman–Crippen MR) is 306 cm³/mol. The van der Waals surface area contributed by atoms with E-state index in [4.69, 9.17) is 9.72 Å². The summed E-state index contributed by atoms with van der Waals surface area (Å²) in [4.78, 5) is 10.1. The summed E-state index contributed by atoms with van der Waals surface area (Å²) in [6, 6.07) is 78.0. The fourth-order valence-corrected chi connectivity index (χ4v) is 12.6. The Balaban J connectivity index is 0.941. The number of para-hydroxylation sites is 1. The molecule has 0 radical (unpaired) electrons. The highest BCUT2D eigenvalue weighted by molar-refractivity contribution is 6.19. The molecule has 2 aromatic heterocycles. The number of aromatic nitrogens is 2. The lowest BCUT2D eigenvalue weighted by Gasteiger charge is -2.32. The third kappa shape index (κ3) is 6.52. The molecule has 9 aromatic carbocycles. The van der Waals surface area contributed by atoms with Crippen molar-refractivity contribution in [3.63, 3.8) is 0 Å². The summed E-state index contributed by atoms with van der Waals surface area (Å²) in [6.45, 7) is 14.3. The van der Waals surface area contributed by atoms with Crippen molar-refractivity contribution < 1.29 is 4.74 Å². The lowest BCUT2D eigenvalue weighted by molar-refractivity contribution is 0.482. The Labute approximate surface area is 433 Å². The number of anilines is 4. The van der Waals surface area contributed by atoms with Crippen LogP contribution in [0.5, 0.6) is 11.5 Å². The van der Waals surface area contributed by atoms with Crippen LogP contribution in [-0.4, -0.2) is 16.2 Å². The molecule has 0 unspecified atom stereocenters. The molecule has 0 atom stereocenters. The van der Waals surface area contributed by atoms with Crippen molar-refractivity contribution in [1.29, 1.82) is 0 Å². The van der Waals surface area contributed by atoms with Crippen molar-refractivity contribution in [3.8, 4) is 50.7 Å². The minimum atomic E-state index is -0.529. The van der Waals surface area contributed by atoms with E-state index in [0.717, 1.165) is 45.4 Å². The Morgan fingerprint density at radius 3 is 1.69 bits per heavy atom. The molecule has 358 valence electrons. The molecule has 1 aliphatic heterocycles.